The maximum absolute atomic E-state index is 4.24. The van der Waals surface area contributed by atoms with E-state index in [0.29, 0.717) is 6.04 Å². The van der Waals surface area contributed by atoms with Crippen LogP contribution in [0.2, 0.25) is 0 Å². The molecule has 0 aromatic carbocycles. The first-order valence-corrected chi connectivity index (χ1v) is 8.20. The minimum absolute atomic E-state index is 0.462. The Morgan fingerprint density at radius 2 is 2.28 bits per heavy atom. The van der Waals surface area contributed by atoms with Gasteiger partial charge in [0.1, 0.15) is 0 Å². The third-order valence-corrected chi connectivity index (χ3v) is 5.00. The predicted octanol–water partition coefficient (Wildman–Crippen LogP) is 3.80. The molecule has 1 aliphatic rings. The summed E-state index contributed by atoms with van der Waals surface area (Å²) in [4.78, 5) is 4.24. The van der Waals surface area contributed by atoms with E-state index in [4.69, 9.17) is 0 Å². The molecule has 2 rings (SSSR count). The molecule has 0 saturated heterocycles. The van der Waals surface area contributed by atoms with Crippen LogP contribution >= 0.6 is 11.8 Å². The van der Waals surface area contributed by atoms with Gasteiger partial charge in [0.2, 0.25) is 0 Å². The first kappa shape index (κ1) is 13.9. The summed E-state index contributed by atoms with van der Waals surface area (Å²) < 4.78 is 0. The number of hydrogen-bond donors (Lipinski definition) is 1. The van der Waals surface area contributed by atoms with E-state index in [0.717, 1.165) is 11.8 Å². The van der Waals surface area contributed by atoms with Crippen molar-refractivity contribution < 1.29 is 0 Å². The minimum atomic E-state index is 0.462. The molecule has 1 atom stereocenters. The van der Waals surface area contributed by atoms with Crippen molar-refractivity contribution in [3.8, 4) is 0 Å². The van der Waals surface area contributed by atoms with Gasteiger partial charge in [-0.1, -0.05) is 25.8 Å². The molecule has 1 aliphatic carbocycles. The number of hydrogen-bond acceptors (Lipinski definition) is 3. The van der Waals surface area contributed by atoms with Crippen LogP contribution in [0.3, 0.4) is 0 Å². The first-order chi connectivity index (χ1) is 8.90. The van der Waals surface area contributed by atoms with Gasteiger partial charge in [-0.25, -0.2) is 0 Å². The number of nitrogens with zero attached hydrogens (tertiary/aromatic N) is 1. The highest BCUT2D eigenvalue weighted by Crippen LogP contribution is 2.31. The van der Waals surface area contributed by atoms with E-state index < -0.39 is 0 Å². The van der Waals surface area contributed by atoms with E-state index in [2.05, 4.69) is 35.1 Å². The average Bonchev–Trinajstić information content (AvgIpc) is 2.93. The average molecular weight is 264 g/mol. The van der Waals surface area contributed by atoms with Crippen molar-refractivity contribution in [1.82, 2.24) is 10.3 Å². The van der Waals surface area contributed by atoms with E-state index in [1.165, 1.54) is 43.4 Å². The highest BCUT2D eigenvalue weighted by molar-refractivity contribution is 7.99. The van der Waals surface area contributed by atoms with Crippen LogP contribution < -0.4 is 5.32 Å². The fourth-order valence-electron chi connectivity index (χ4n) is 2.46. The quantitative estimate of drug-likeness (QED) is 0.811. The molecular formula is C15H24N2S. The maximum atomic E-state index is 4.24. The number of thioether (sulfide) groups is 1. The minimum Gasteiger partial charge on any atom is -0.309 e. The largest absolute Gasteiger partial charge is 0.309 e. The van der Waals surface area contributed by atoms with Crippen molar-refractivity contribution in [3.63, 3.8) is 0 Å². The Balaban J connectivity index is 1.87. The first-order valence-electron chi connectivity index (χ1n) is 7.15. The highest BCUT2D eigenvalue weighted by Gasteiger charge is 2.18. The fourth-order valence-corrected chi connectivity index (χ4v) is 3.90. The normalized spacial score (nSPS) is 18.1. The lowest BCUT2D eigenvalue weighted by Crippen LogP contribution is -2.25. The second kappa shape index (κ2) is 7.80. The molecule has 1 aromatic heterocycles. The summed E-state index contributed by atoms with van der Waals surface area (Å²) in [5.74, 6) is 1.18. The Morgan fingerprint density at radius 3 is 2.94 bits per heavy atom. The van der Waals surface area contributed by atoms with Gasteiger partial charge in [-0.2, -0.15) is 11.8 Å². The van der Waals surface area contributed by atoms with Crippen LogP contribution in [0.5, 0.6) is 0 Å². The maximum Gasteiger partial charge on any atom is 0.0427 e. The van der Waals surface area contributed by atoms with Crippen LogP contribution in [0.4, 0.5) is 0 Å². The number of aromatic nitrogens is 1. The second-order valence-electron chi connectivity index (χ2n) is 5.03. The summed E-state index contributed by atoms with van der Waals surface area (Å²) in [6.45, 7) is 3.31. The molecule has 100 valence electrons. The lowest BCUT2D eigenvalue weighted by atomic mass is 10.1. The van der Waals surface area contributed by atoms with E-state index >= 15 is 0 Å². The third-order valence-electron chi connectivity index (χ3n) is 3.53. The van der Waals surface area contributed by atoms with Gasteiger partial charge in [-0.05, 0) is 37.4 Å². The summed E-state index contributed by atoms with van der Waals surface area (Å²) in [6, 6.07) is 4.69. The van der Waals surface area contributed by atoms with E-state index in [1.54, 1.807) is 0 Å². The van der Waals surface area contributed by atoms with Gasteiger partial charge in [0, 0.05) is 29.4 Å². The van der Waals surface area contributed by atoms with Crippen LogP contribution in [-0.4, -0.2) is 22.5 Å². The van der Waals surface area contributed by atoms with E-state index in [9.17, 15) is 0 Å². The zero-order chi connectivity index (χ0) is 12.6. The SMILES string of the molecule is CCCNC(CSC1CCCC1)c1cccnc1. The number of pyridine rings is 1. The zero-order valence-electron chi connectivity index (χ0n) is 11.3. The number of rotatable bonds is 7. The molecule has 1 saturated carbocycles. The topological polar surface area (TPSA) is 24.9 Å². The van der Waals surface area contributed by atoms with Crippen LogP contribution in [0.25, 0.3) is 0 Å². The van der Waals surface area contributed by atoms with Gasteiger partial charge in [0.05, 0.1) is 0 Å². The van der Waals surface area contributed by atoms with Crippen molar-refractivity contribution in [2.45, 2.75) is 50.3 Å². The molecule has 0 bridgehead atoms. The Morgan fingerprint density at radius 1 is 1.44 bits per heavy atom. The third kappa shape index (κ3) is 4.29. The Labute approximate surface area is 115 Å². The van der Waals surface area contributed by atoms with Crippen molar-refractivity contribution >= 4 is 11.8 Å². The van der Waals surface area contributed by atoms with Crippen LogP contribution in [0.15, 0.2) is 24.5 Å². The van der Waals surface area contributed by atoms with E-state index in [-0.39, 0.29) is 0 Å². The van der Waals surface area contributed by atoms with Gasteiger partial charge >= 0.3 is 0 Å². The van der Waals surface area contributed by atoms with Gasteiger partial charge in [-0.15, -0.1) is 0 Å². The summed E-state index contributed by atoms with van der Waals surface area (Å²) in [7, 11) is 0. The lowest BCUT2D eigenvalue weighted by molar-refractivity contribution is 0.575. The second-order valence-corrected chi connectivity index (χ2v) is 6.37. The summed E-state index contributed by atoms with van der Waals surface area (Å²) in [5, 5.41) is 4.54. The van der Waals surface area contributed by atoms with Crippen molar-refractivity contribution in [3.05, 3.63) is 30.1 Å². The lowest BCUT2D eigenvalue weighted by Gasteiger charge is -2.20. The Bertz CT molecular complexity index is 323. The van der Waals surface area contributed by atoms with Gasteiger partial charge in [0.25, 0.3) is 0 Å². The standard InChI is InChI=1S/C15H24N2S/c1-2-9-17-15(13-6-5-10-16-11-13)12-18-14-7-3-4-8-14/h5-6,10-11,14-15,17H,2-4,7-9,12H2,1H3. The molecule has 2 nitrogen and oxygen atoms in total. The van der Waals surface area contributed by atoms with Crippen LogP contribution in [0, 0.1) is 0 Å². The molecule has 18 heavy (non-hydrogen) atoms. The van der Waals surface area contributed by atoms with Crippen LogP contribution in [0.1, 0.15) is 50.6 Å². The fraction of sp³-hybridized carbons (Fsp3) is 0.667. The zero-order valence-corrected chi connectivity index (χ0v) is 12.1. The Kier molecular flexibility index (Phi) is 6.01. The molecule has 1 fully saturated rings. The van der Waals surface area contributed by atoms with E-state index in [1.807, 2.05) is 18.5 Å². The van der Waals surface area contributed by atoms with Crippen molar-refractivity contribution in [2.75, 3.05) is 12.3 Å². The molecule has 1 heterocycles. The monoisotopic (exact) mass is 264 g/mol. The van der Waals surface area contributed by atoms with Gasteiger partial charge in [0.15, 0.2) is 0 Å². The van der Waals surface area contributed by atoms with Gasteiger partial charge < -0.3 is 5.32 Å². The predicted molar refractivity (Wildman–Crippen MR) is 80.0 cm³/mol. The van der Waals surface area contributed by atoms with Crippen molar-refractivity contribution in [2.24, 2.45) is 0 Å². The smallest absolute Gasteiger partial charge is 0.0427 e. The highest BCUT2D eigenvalue weighted by atomic mass is 32.2. The van der Waals surface area contributed by atoms with Crippen molar-refractivity contribution in [1.29, 1.82) is 0 Å². The summed E-state index contributed by atoms with van der Waals surface area (Å²) in [6.07, 6.45) is 10.7. The molecule has 1 unspecified atom stereocenters. The summed E-state index contributed by atoms with van der Waals surface area (Å²) >= 11 is 2.15. The number of nitrogens with one attached hydrogen (secondary N) is 1. The Hall–Kier alpha value is -0.540. The summed E-state index contributed by atoms with van der Waals surface area (Å²) in [5.41, 5.74) is 1.33. The molecule has 0 aliphatic heterocycles. The molecule has 1 N–H and O–H groups in total. The molecule has 3 heteroatoms. The molecule has 0 amide bonds. The molecule has 0 radical (unpaired) electrons. The molecule has 0 spiro atoms. The van der Waals surface area contributed by atoms with Crippen LogP contribution in [-0.2, 0) is 0 Å². The molecular weight excluding hydrogens is 240 g/mol. The molecule has 1 aromatic rings. The van der Waals surface area contributed by atoms with Gasteiger partial charge in [-0.3, -0.25) is 4.98 Å².